The zero-order valence-electron chi connectivity index (χ0n) is 12.2. The molecule has 2 heterocycles. The van der Waals surface area contributed by atoms with E-state index in [1.54, 1.807) is 0 Å². The normalized spacial score (nSPS) is 36.0. The Morgan fingerprint density at radius 1 is 1.22 bits per heavy atom. The molecule has 106 valence electrons. The van der Waals surface area contributed by atoms with Gasteiger partial charge in [-0.1, -0.05) is 6.92 Å². The number of nitrogens with zero attached hydrogens (tertiary/aromatic N) is 1. The van der Waals surface area contributed by atoms with E-state index in [9.17, 15) is 0 Å². The van der Waals surface area contributed by atoms with Crippen LogP contribution in [0.5, 0.6) is 0 Å². The molecule has 0 aromatic heterocycles. The number of rotatable bonds is 3. The molecule has 3 heteroatoms. The van der Waals surface area contributed by atoms with Crippen LogP contribution in [0.15, 0.2) is 0 Å². The summed E-state index contributed by atoms with van der Waals surface area (Å²) in [5.41, 5.74) is 0. The Morgan fingerprint density at radius 2 is 2.06 bits per heavy atom. The molecule has 1 N–H and O–H groups in total. The van der Waals surface area contributed by atoms with Crippen LogP contribution in [0, 0.1) is 5.92 Å². The highest BCUT2D eigenvalue weighted by molar-refractivity contribution is 4.78. The molecule has 2 fully saturated rings. The van der Waals surface area contributed by atoms with Crippen LogP contribution in [0.1, 0.15) is 46.0 Å². The van der Waals surface area contributed by atoms with Crippen LogP contribution in [-0.4, -0.2) is 49.8 Å². The van der Waals surface area contributed by atoms with Gasteiger partial charge in [0.2, 0.25) is 0 Å². The summed E-state index contributed by atoms with van der Waals surface area (Å²) < 4.78 is 5.60. The number of nitrogens with one attached hydrogen (secondary N) is 1. The van der Waals surface area contributed by atoms with Crippen LogP contribution < -0.4 is 5.32 Å². The second-order valence-electron chi connectivity index (χ2n) is 6.13. The van der Waals surface area contributed by atoms with Crippen LogP contribution in [0.4, 0.5) is 0 Å². The lowest BCUT2D eigenvalue weighted by molar-refractivity contribution is 0.0361. The van der Waals surface area contributed by atoms with Gasteiger partial charge in [-0.15, -0.1) is 0 Å². The molecule has 3 atom stereocenters. The van der Waals surface area contributed by atoms with Crippen molar-refractivity contribution in [3.05, 3.63) is 0 Å². The van der Waals surface area contributed by atoms with Crippen LogP contribution in [0.25, 0.3) is 0 Å². The molecule has 0 saturated carbocycles. The predicted octanol–water partition coefficient (Wildman–Crippen LogP) is 2.27. The van der Waals surface area contributed by atoms with Crippen molar-refractivity contribution in [3.8, 4) is 0 Å². The SMILES string of the molecule is CCC1CCN(CC2CCCOC2)CCC(C)N1. The lowest BCUT2D eigenvalue weighted by atomic mass is 10.00. The minimum atomic E-state index is 0.667. The number of hydrogen-bond donors (Lipinski definition) is 1. The van der Waals surface area contributed by atoms with Gasteiger partial charge in [-0.25, -0.2) is 0 Å². The molecule has 0 radical (unpaired) electrons. The van der Waals surface area contributed by atoms with E-state index < -0.39 is 0 Å². The Balaban J connectivity index is 1.79. The smallest absolute Gasteiger partial charge is 0.0506 e. The summed E-state index contributed by atoms with van der Waals surface area (Å²) in [6, 6.07) is 1.38. The summed E-state index contributed by atoms with van der Waals surface area (Å²) >= 11 is 0. The van der Waals surface area contributed by atoms with E-state index in [0.29, 0.717) is 12.1 Å². The quantitative estimate of drug-likeness (QED) is 0.836. The minimum absolute atomic E-state index is 0.667. The molecule has 0 spiro atoms. The topological polar surface area (TPSA) is 24.5 Å². The fraction of sp³-hybridized carbons (Fsp3) is 1.00. The van der Waals surface area contributed by atoms with Gasteiger partial charge in [-0.05, 0) is 58.0 Å². The van der Waals surface area contributed by atoms with E-state index in [0.717, 1.165) is 19.1 Å². The van der Waals surface area contributed by atoms with Gasteiger partial charge in [0.05, 0.1) is 6.61 Å². The fourth-order valence-electron chi connectivity index (χ4n) is 3.22. The third kappa shape index (κ3) is 4.52. The van der Waals surface area contributed by atoms with Gasteiger partial charge in [-0.2, -0.15) is 0 Å². The Hall–Kier alpha value is -0.120. The zero-order valence-corrected chi connectivity index (χ0v) is 12.2. The Kier molecular flexibility index (Phi) is 5.93. The predicted molar refractivity (Wildman–Crippen MR) is 75.9 cm³/mol. The van der Waals surface area contributed by atoms with Crippen molar-refractivity contribution in [2.24, 2.45) is 5.92 Å². The first-order chi connectivity index (χ1) is 8.78. The molecule has 0 bridgehead atoms. The average Bonchev–Trinajstić information content (AvgIpc) is 2.39. The van der Waals surface area contributed by atoms with Gasteiger partial charge in [0.1, 0.15) is 0 Å². The Bertz CT molecular complexity index is 229. The second kappa shape index (κ2) is 7.46. The van der Waals surface area contributed by atoms with Crippen LogP contribution >= 0.6 is 0 Å². The standard InChI is InChI=1S/C15H30N2O/c1-3-15-7-9-17(8-6-13(2)16-15)11-14-5-4-10-18-12-14/h13-16H,3-12H2,1-2H3. The fourth-order valence-corrected chi connectivity index (χ4v) is 3.22. The van der Waals surface area contributed by atoms with E-state index in [-0.39, 0.29) is 0 Å². The van der Waals surface area contributed by atoms with E-state index in [2.05, 4.69) is 24.1 Å². The molecular formula is C15H30N2O. The number of hydrogen-bond acceptors (Lipinski definition) is 3. The van der Waals surface area contributed by atoms with E-state index >= 15 is 0 Å². The molecule has 3 unspecified atom stereocenters. The highest BCUT2D eigenvalue weighted by atomic mass is 16.5. The summed E-state index contributed by atoms with van der Waals surface area (Å²) in [6.45, 7) is 10.4. The van der Waals surface area contributed by atoms with Crippen molar-refractivity contribution in [2.45, 2.75) is 58.0 Å². The first kappa shape index (κ1) is 14.3. The third-order valence-corrected chi connectivity index (χ3v) is 4.46. The number of ether oxygens (including phenoxy) is 1. The minimum Gasteiger partial charge on any atom is -0.381 e. The van der Waals surface area contributed by atoms with Crippen molar-refractivity contribution in [3.63, 3.8) is 0 Å². The Morgan fingerprint density at radius 3 is 2.78 bits per heavy atom. The first-order valence-electron chi connectivity index (χ1n) is 7.84. The van der Waals surface area contributed by atoms with Crippen molar-refractivity contribution in [2.75, 3.05) is 32.8 Å². The molecule has 2 saturated heterocycles. The van der Waals surface area contributed by atoms with Gasteiger partial charge in [0.15, 0.2) is 0 Å². The maximum Gasteiger partial charge on any atom is 0.0506 e. The van der Waals surface area contributed by atoms with Crippen LogP contribution in [-0.2, 0) is 4.74 Å². The van der Waals surface area contributed by atoms with Crippen molar-refractivity contribution >= 4 is 0 Å². The summed E-state index contributed by atoms with van der Waals surface area (Å²) in [7, 11) is 0. The van der Waals surface area contributed by atoms with Crippen LogP contribution in [0.3, 0.4) is 0 Å². The Labute approximate surface area is 112 Å². The maximum absolute atomic E-state index is 5.60. The lowest BCUT2D eigenvalue weighted by Crippen LogP contribution is -2.45. The average molecular weight is 254 g/mol. The highest BCUT2D eigenvalue weighted by Gasteiger charge is 2.21. The van der Waals surface area contributed by atoms with Gasteiger partial charge in [0.25, 0.3) is 0 Å². The molecule has 3 nitrogen and oxygen atoms in total. The molecule has 2 aliphatic heterocycles. The van der Waals surface area contributed by atoms with E-state index in [1.807, 2.05) is 0 Å². The molecular weight excluding hydrogens is 224 g/mol. The molecule has 2 aliphatic rings. The monoisotopic (exact) mass is 254 g/mol. The summed E-state index contributed by atoms with van der Waals surface area (Å²) in [6.07, 6.45) is 6.46. The third-order valence-electron chi connectivity index (χ3n) is 4.46. The summed E-state index contributed by atoms with van der Waals surface area (Å²) in [5.74, 6) is 0.779. The second-order valence-corrected chi connectivity index (χ2v) is 6.13. The zero-order chi connectivity index (χ0) is 12.8. The molecule has 0 aromatic rings. The van der Waals surface area contributed by atoms with Crippen molar-refractivity contribution in [1.82, 2.24) is 10.2 Å². The van der Waals surface area contributed by atoms with Crippen molar-refractivity contribution in [1.29, 1.82) is 0 Å². The van der Waals surface area contributed by atoms with Crippen molar-refractivity contribution < 1.29 is 4.74 Å². The van der Waals surface area contributed by atoms with Gasteiger partial charge >= 0.3 is 0 Å². The molecule has 0 amide bonds. The summed E-state index contributed by atoms with van der Waals surface area (Å²) in [5, 5.41) is 3.74. The van der Waals surface area contributed by atoms with Gasteiger partial charge < -0.3 is 15.0 Å². The van der Waals surface area contributed by atoms with E-state index in [1.165, 1.54) is 51.7 Å². The molecule has 18 heavy (non-hydrogen) atoms. The van der Waals surface area contributed by atoms with Crippen LogP contribution in [0.2, 0.25) is 0 Å². The first-order valence-corrected chi connectivity index (χ1v) is 7.84. The maximum atomic E-state index is 5.60. The molecule has 0 aliphatic carbocycles. The molecule has 0 aromatic carbocycles. The summed E-state index contributed by atoms with van der Waals surface area (Å²) in [4.78, 5) is 2.68. The van der Waals surface area contributed by atoms with E-state index in [4.69, 9.17) is 4.74 Å². The largest absolute Gasteiger partial charge is 0.381 e. The van der Waals surface area contributed by atoms with Gasteiger partial charge in [0, 0.05) is 25.2 Å². The van der Waals surface area contributed by atoms with Gasteiger partial charge in [-0.3, -0.25) is 0 Å². The lowest BCUT2D eigenvalue weighted by Gasteiger charge is -2.34. The highest BCUT2D eigenvalue weighted by Crippen LogP contribution is 2.17. The molecule has 2 rings (SSSR count).